The maximum atomic E-state index is 10.4. The molecule has 0 amide bonds. The van der Waals surface area contributed by atoms with Crippen molar-refractivity contribution in [3.05, 3.63) is 89.5 Å². The molecule has 0 aliphatic heterocycles. The van der Waals surface area contributed by atoms with E-state index in [2.05, 4.69) is 21.1 Å². The lowest BCUT2D eigenvalue weighted by molar-refractivity contribution is 0.111. The van der Waals surface area contributed by atoms with Gasteiger partial charge in [-0.15, -0.1) is 0 Å². The van der Waals surface area contributed by atoms with E-state index in [1.807, 2.05) is 67.5 Å². The average Bonchev–Trinajstić information content (AvgIpc) is 2.80. The van der Waals surface area contributed by atoms with Crippen LogP contribution >= 0.6 is 0 Å². The molecule has 0 aliphatic rings. The Labute approximate surface area is 189 Å². The zero-order valence-corrected chi connectivity index (χ0v) is 19.2. The third-order valence-corrected chi connectivity index (χ3v) is 4.38. The number of aldehydes is 3. The molecule has 0 heterocycles. The highest BCUT2D eigenvalue weighted by molar-refractivity contribution is 5.76. The van der Waals surface area contributed by atoms with Crippen molar-refractivity contribution in [1.82, 2.24) is 4.48 Å². The Kier molecular flexibility index (Phi) is 10.5. The van der Waals surface area contributed by atoms with Crippen LogP contribution in [0.1, 0.15) is 31.1 Å². The van der Waals surface area contributed by atoms with Gasteiger partial charge in [-0.3, -0.25) is 18.9 Å². The molecule has 0 aromatic heterocycles. The van der Waals surface area contributed by atoms with Gasteiger partial charge in [-0.25, -0.2) is 0 Å². The fraction of sp³-hybridized carbons (Fsp3) is 0.192. The van der Waals surface area contributed by atoms with Gasteiger partial charge in [-0.1, -0.05) is 0 Å². The summed E-state index contributed by atoms with van der Waals surface area (Å²) in [4.78, 5) is 32.7. The Bertz CT molecular complexity index is 972. The molecule has 0 saturated heterocycles. The Morgan fingerprint density at radius 2 is 0.969 bits per heavy atom. The first-order valence-corrected chi connectivity index (χ1v) is 9.94. The molecule has 1 N–H and O–H groups in total. The van der Waals surface area contributed by atoms with Gasteiger partial charge in [0, 0.05) is 36.5 Å². The van der Waals surface area contributed by atoms with Crippen molar-refractivity contribution in [2.75, 3.05) is 40.1 Å². The maximum Gasteiger partial charge on any atom is 0.150 e. The summed E-state index contributed by atoms with van der Waals surface area (Å²) in [5.74, 6) is 0.181. The molecule has 3 aromatic rings. The number of carbonyl (C=O) groups excluding carboxylic acids is 3. The lowest BCUT2D eigenvalue weighted by Crippen LogP contribution is -2.34. The summed E-state index contributed by atoms with van der Waals surface area (Å²) < 4.78 is 0.777. The molecule has 32 heavy (non-hydrogen) atoms. The van der Waals surface area contributed by atoms with Crippen LogP contribution in [0.5, 0.6) is 5.75 Å². The highest BCUT2D eigenvalue weighted by Crippen LogP contribution is 2.16. The third-order valence-electron chi connectivity index (χ3n) is 4.38. The molecule has 0 saturated carbocycles. The van der Waals surface area contributed by atoms with Gasteiger partial charge in [-0.2, -0.15) is 0 Å². The van der Waals surface area contributed by atoms with Crippen molar-refractivity contribution < 1.29 is 19.5 Å². The Morgan fingerprint density at radius 1 is 0.625 bits per heavy atom. The molecular formula is C26H31N2O4+. The number of anilines is 1. The van der Waals surface area contributed by atoms with Gasteiger partial charge in [-0.05, 0) is 72.8 Å². The fourth-order valence-electron chi connectivity index (χ4n) is 2.40. The second-order valence-electron chi connectivity index (χ2n) is 8.04. The zero-order valence-electron chi connectivity index (χ0n) is 19.2. The minimum Gasteiger partial charge on any atom is -0.508 e. The molecule has 0 aliphatic carbocycles. The van der Waals surface area contributed by atoms with Crippen molar-refractivity contribution >= 4 is 30.2 Å². The van der Waals surface area contributed by atoms with E-state index < -0.39 is 0 Å². The molecule has 0 bridgehead atoms. The molecular weight excluding hydrogens is 404 g/mol. The van der Waals surface area contributed by atoms with Gasteiger partial charge in [0.15, 0.2) is 0 Å². The first-order valence-electron chi connectivity index (χ1n) is 9.94. The largest absolute Gasteiger partial charge is 0.508 e. The normalized spacial score (nSPS) is 9.91. The molecule has 3 aromatic carbocycles. The van der Waals surface area contributed by atoms with Crippen LogP contribution in [-0.2, 0) is 0 Å². The average molecular weight is 436 g/mol. The molecule has 0 fully saturated rings. The molecule has 0 spiro atoms. The monoisotopic (exact) mass is 435 g/mol. The summed E-state index contributed by atoms with van der Waals surface area (Å²) in [5.41, 5.74) is 4.33. The molecule has 6 nitrogen and oxygen atoms in total. The van der Waals surface area contributed by atoms with Gasteiger partial charge in [0.1, 0.15) is 30.3 Å². The van der Waals surface area contributed by atoms with E-state index in [1.54, 1.807) is 12.1 Å². The van der Waals surface area contributed by atoms with Crippen molar-refractivity contribution in [3.8, 4) is 5.75 Å². The first-order chi connectivity index (χ1) is 15.1. The van der Waals surface area contributed by atoms with E-state index in [4.69, 9.17) is 5.11 Å². The number of nitrogens with zero attached hydrogens (tertiary/aromatic N) is 2. The number of phenols is 1. The van der Waals surface area contributed by atoms with Crippen molar-refractivity contribution in [2.24, 2.45) is 0 Å². The smallest absolute Gasteiger partial charge is 0.150 e. The zero-order chi connectivity index (χ0) is 24.1. The van der Waals surface area contributed by atoms with Crippen LogP contribution in [0.2, 0.25) is 0 Å². The van der Waals surface area contributed by atoms with Crippen LogP contribution in [0.3, 0.4) is 0 Å². The summed E-state index contributed by atoms with van der Waals surface area (Å²) in [5, 5.41) is 8.74. The van der Waals surface area contributed by atoms with Crippen LogP contribution in [0, 0.1) is 0 Å². The first kappa shape index (κ1) is 26.3. The quantitative estimate of drug-likeness (QED) is 0.473. The number of hydrogen-bond donors (Lipinski definition) is 1. The standard InChI is InChI=1S/C10H14NO.C9H11NO.C7H6O2/c1-11(2,3)10-6-4-9(8-12)5-7-10;1-10(2)9-5-3-8(7-11)4-6-9;8-5-6-1-3-7(9)4-2-6/h4-8H,1-3H3;3-7H,1-2H3;1-5,9H/q+1;;. The minimum absolute atomic E-state index is 0.181. The van der Waals surface area contributed by atoms with Gasteiger partial charge in [0.2, 0.25) is 0 Å². The number of phenolic OH excluding ortho intramolecular Hbond substituents is 1. The summed E-state index contributed by atoms with van der Waals surface area (Å²) in [6.45, 7) is 0. The lowest BCUT2D eigenvalue weighted by Gasteiger charge is -2.23. The second kappa shape index (κ2) is 12.8. The molecule has 168 valence electrons. The predicted molar refractivity (Wildman–Crippen MR) is 131 cm³/mol. The van der Waals surface area contributed by atoms with Gasteiger partial charge >= 0.3 is 0 Å². The Balaban J connectivity index is 0.000000242. The molecule has 0 radical (unpaired) electrons. The summed E-state index contributed by atoms with van der Waals surface area (Å²) in [7, 11) is 10.2. The van der Waals surface area contributed by atoms with Gasteiger partial charge in [0.05, 0.1) is 21.1 Å². The summed E-state index contributed by atoms with van der Waals surface area (Å²) in [6.07, 6.45) is 2.44. The third kappa shape index (κ3) is 9.36. The number of quaternary nitrogens is 1. The lowest BCUT2D eigenvalue weighted by atomic mass is 10.2. The second-order valence-corrected chi connectivity index (χ2v) is 8.04. The van der Waals surface area contributed by atoms with Crippen LogP contribution < -0.4 is 9.38 Å². The molecule has 0 atom stereocenters. The van der Waals surface area contributed by atoms with Crippen LogP contribution in [0.25, 0.3) is 0 Å². The number of carbonyl (C=O) groups is 3. The number of hydrogen-bond acceptors (Lipinski definition) is 5. The van der Waals surface area contributed by atoms with Gasteiger partial charge < -0.3 is 10.0 Å². The van der Waals surface area contributed by atoms with E-state index in [-0.39, 0.29) is 5.75 Å². The minimum atomic E-state index is 0.181. The topological polar surface area (TPSA) is 74.7 Å². The van der Waals surface area contributed by atoms with Crippen LogP contribution in [0.15, 0.2) is 72.8 Å². The number of rotatable bonds is 5. The van der Waals surface area contributed by atoms with Crippen LogP contribution in [0.4, 0.5) is 11.4 Å². The summed E-state index contributed by atoms with van der Waals surface area (Å²) >= 11 is 0. The highest BCUT2D eigenvalue weighted by atomic mass is 16.3. The van der Waals surface area contributed by atoms with Crippen molar-refractivity contribution in [3.63, 3.8) is 0 Å². The molecule has 3 rings (SSSR count). The van der Waals surface area contributed by atoms with E-state index in [9.17, 15) is 14.4 Å². The van der Waals surface area contributed by atoms with Gasteiger partial charge in [0.25, 0.3) is 0 Å². The van der Waals surface area contributed by atoms with Crippen molar-refractivity contribution in [2.45, 2.75) is 0 Å². The van der Waals surface area contributed by atoms with E-state index in [0.717, 1.165) is 40.2 Å². The number of benzene rings is 3. The highest BCUT2D eigenvalue weighted by Gasteiger charge is 2.10. The Morgan fingerprint density at radius 3 is 1.28 bits per heavy atom. The maximum absolute atomic E-state index is 10.4. The SMILES string of the molecule is CN(C)c1ccc(C=O)cc1.C[N+](C)(C)c1ccc(C=O)cc1.O=Cc1ccc(O)cc1. The molecule has 0 unspecified atom stereocenters. The van der Waals surface area contributed by atoms with Crippen LogP contribution in [-0.4, -0.2) is 59.2 Å². The van der Waals surface area contributed by atoms with E-state index >= 15 is 0 Å². The molecule has 6 heteroatoms. The van der Waals surface area contributed by atoms with E-state index in [1.165, 1.54) is 17.8 Å². The van der Waals surface area contributed by atoms with Crippen molar-refractivity contribution in [1.29, 1.82) is 0 Å². The Hall–Kier alpha value is -3.77. The summed E-state index contributed by atoms with van der Waals surface area (Å²) in [6, 6.07) is 21.2. The number of aromatic hydroxyl groups is 1. The predicted octanol–water partition coefficient (Wildman–Crippen LogP) is 4.47. The fourth-order valence-corrected chi connectivity index (χ4v) is 2.40. The van der Waals surface area contributed by atoms with E-state index in [0.29, 0.717) is 5.56 Å².